The molecule has 1 N–H and O–H groups in total. The molecule has 0 aliphatic rings. The van der Waals surface area contributed by atoms with Crippen LogP contribution in [0.1, 0.15) is 5.56 Å². The molecule has 0 aromatic heterocycles. The Morgan fingerprint density at radius 1 is 1.16 bits per heavy atom. The van der Waals surface area contributed by atoms with Crippen molar-refractivity contribution in [3.05, 3.63) is 59.1 Å². The van der Waals surface area contributed by atoms with Crippen LogP contribution >= 0.6 is 11.6 Å². The Labute approximate surface area is 152 Å². The predicted molar refractivity (Wildman–Crippen MR) is 99.5 cm³/mol. The summed E-state index contributed by atoms with van der Waals surface area (Å²) in [6, 6.07) is 12.6. The molecule has 0 saturated heterocycles. The lowest BCUT2D eigenvalue weighted by Gasteiger charge is -2.13. The van der Waals surface area contributed by atoms with E-state index in [1.54, 1.807) is 38.5 Å². The van der Waals surface area contributed by atoms with Gasteiger partial charge in [-0.3, -0.25) is 4.79 Å². The van der Waals surface area contributed by atoms with Crippen molar-refractivity contribution in [1.82, 2.24) is 0 Å². The van der Waals surface area contributed by atoms with Gasteiger partial charge in [-0.15, -0.1) is 0 Å². The van der Waals surface area contributed by atoms with Crippen LogP contribution in [0.2, 0.25) is 5.02 Å². The molecule has 2 rings (SSSR count). The van der Waals surface area contributed by atoms with Crippen molar-refractivity contribution in [2.24, 2.45) is 0 Å². The lowest BCUT2D eigenvalue weighted by Crippen LogP contribution is -2.11. The molecule has 0 unspecified atom stereocenters. The lowest BCUT2D eigenvalue weighted by molar-refractivity contribution is -0.111. The predicted octanol–water partition coefficient (Wildman–Crippen LogP) is 4.03. The standard InChI is InChI=1S/C19H20ClNO4/c1-23-11-12-25-19-16(20)7-4-8-17(19)21-18(22)10-9-14-5-3-6-15(13-14)24-2/h3-10,13H,11-12H2,1-2H3,(H,21,22)/b10-9+. The van der Waals surface area contributed by atoms with Gasteiger partial charge in [-0.1, -0.05) is 29.8 Å². The summed E-state index contributed by atoms with van der Waals surface area (Å²) in [7, 11) is 3.18. The minimum atomic E-state index is -0.290. The Morgan fingerprint density at radius 2 is 1.96 bits per heavy atom. The zero-order chi connectivity index (χ0) is 18.1. The van der Waals surface area contributed by atoms with E-state index in [9.17, 15) is 4.79 Å². The van der Waals surface area contributed by atoms with Gasteiger partial charge in [0.15, 0.2) is 5.75 Å². The molecule has 0 atom stereocenters. The van der Waals surface area contributed by atoms with Gasteiger partial charge < -0.3 is 19.5 Å². The third-order valence-corrected chi connectivity index (χ3v) is 3.58. The molecule has 6 heteroatoms. The third-order valence-electron chi connectivity index (χ3n) is 3.28. The van der Waals surface area contributed by atoms with E-state index in [-0.39, 0.29) is 5.91 Å². The van der Waals surface area contributed by atoms with Crippen LogP contribution in [0, 0.1) is 0 Å². The topological polar surface area (TPSA) is 56.8 Å². The van der Waals surface area contributed by atoms with Gasteiger partial charge >= 0.3 is 0 Å². The van der Waals surface area contributed by atoms with Crippen molar-refractivity contribution in [3.63, 3.8) is 0 Å². The molecule has 0 heterocycles. The fourth-order valence-electron chi connectivity index (χ4n) is 2.07. The molecule has 0 radical (unpaired) electrons. The molecule has 0 spiro atoms. The van der Waals surface area contributed by atoms with E-state index >= 15 is 0 Å². The van der Waals surface area contributed by atoms with Crippen molar-refractivity contribution in [1.29, 1.82) is 0 Å². The van der Waals surface area contributed by atoms with Crippen LogP contribution in [0.25, 0.3) is 6.08 Å². The summed E-state index contributed by atoms with van der Waals surface area (Å²) in [5, 5.41) is 3.19. The fraction of sp³-hybridized carbons (Fsp3) is 0.211. The number of halogens is 1. The maximum atomic E-state index is 12.2. The largest absolute Gasteiger partial charge is 0.497 e. The van der Waals surface area contributed by atoms with Crippen LogP contribution < -0.4 is 14.8 Å². The van der Waals surface area contributed by atoms with Crippen LogP contribution in [0.3, 0.4) is 0 Å². The van der Waals surface area contributed by atoms with Gasteiger partial charge in [0.2, 0.25) is 5.91 Å². The lowest BCUT2D eigenvalue weighted by atomic mass is 10.2. The van der Waals surface area contributed by atoms with Crippen LogP contribution in [0.5, 0.6) is 11.5 Å². The number of anilines is 1. The van der Waals surface area contributed by atoms with E-state index < -0.39 is 0 Å². The zero-order valence-corrected chi connectivity index (χ0v) is 14.9. The van der Waals surface area contributed by atoms with Crippen LogP contribution in [0.4, 0.5) is 5.69 Å². The highest BCUT2D eigenvalue weighted by atomic mass is 35.5. The van der Waals surface area contributed by atoms with E-state index in [4.69, 9.17) is 25.8 Å². The number of benzene rings is 2. The highest BCUT2D eigenvalue weighted by Gasteiger charge is 2.10. The first-order chi connectivity index (χ1) is 12.1. The molecule has 0 aliphatic heterocycles. The van der Waals surface area contributed by atoms with Crippen LogP contribution in [-0.2, 0) is 9.53 Å². The Bertz CT molecular complexity index is 746. The number of carbonyl (C=O) groups is 1. The molecule has 5 nitrogen and oxygen atoms in total. The second kappa shape index (κ2) is 9.71. The smallest absolute Gasteiger partial charge is 0.248 e. The summed E-state index contributed by atoms with van der Waals surface area (Å²) in [5.41, 5.74) is 1.36. The van der Waals surface area contributed by atoms with Crippen LogP contribution in [-0.4, -0.2) is 33.3 Å². The summed E-state index contributed by atoms with van der Waals surface area (Å²) in [6.07, 6.45) is 3.14. The van der Waals surface area contributed by atoms with Gasteiger partial charge in [0.05, 0.1) is 24.4 Å². The number of methoxy groups -OCH3 is 2. The number of hydrogen-bond acceptors (Lipinski definition) is 4. The molecule has 25 heavy (non-hydrogen) atoms. The molecule has 0 bridgehead atoms. The SMILES string of the molecule is COCCOc1c(Cl)cccc1NC(=O)/C=C/c1cccc(OC)c1. The molecule has 1 amide bonds. The number of amides is 1. The van der Waals surface area contributed by atoms with Crippen molar-refractivity contribution in [2.45, 2.75) is 0 Å². The van der Waals surface area contributed by atoms with Crippen molar-refractivity contribution < 1.29 is 19.0 Å². The monoisotopic (exact) mass is 361 g/mol. The minimum absolute atomic E-state index is 0.290. The van der Waals surface area contributed by atoms with Crippen molar-refractivity contribution in [2.75, 3.05) is 32.8 Å². The third kappa shape index (κ3) is 5.81. The van der Waals surface area contributed by atoms with Crippen molar-refractivity contribution >= 4 is 29.3 Å². The Kier molecular flexibility index (Phi) is 7.32. The molecule has 2 aromatic rings. The number of nitrogens with one attached hydrogen (secondary N) is 1. The average Bonchev–Trinajstić information content (AvgIpc) is 2.62. The number of rotatable bonds is 8. The Balaban J connectivity index is 2.06. The van der Waals surface area contributed by atoms with E-state index in [0.717, 1.165) is 11.3 Å². The Morgan fingerprint density at radius 3 is 2.72 bits per heavy atom. The summed E-state index contributed by atoms with van der Waals surface area (Å²) in [6.45, 7) is 0.761. The fourth-order valence-corrected chi connectivity index (χ4v) is 2.30. The molecule has 0 saturated carbocycles. The molecule has 0 aliphatic carbocycles. The Hall–Kier alpha value is -2.50. The number of hydrogen-bond donors (Lipinski definition) is 1. The summed E-state index contributed by atoms with van der Waals surface area (Å²) >= 11 is 6.15. The highest BCUT2D eigenvalue weighted by molar-refractivity contribution is 6.32. The molecule has 0 fully saturated rings. The van der Waals surface area contributed by atoms with Crippen LogP contribution in [0.15, 0.2) is 48.5 Å². The van der Waals surface area contributed by atoms with Gasteiger partial charge in [-0.25, -0.2) is 0 Å². The second-order valence-corrected chi connectivity index (χ2v) is 5.46. The molecular formula is C19H20ClNO4. The summed E-state index contributed by atoms with van der Waals surface area (Å²) < 4.78 is 15.7. The molecule has 132 valence electrons. The maximum Gasteiger partial charge on any atom is 0.248 e. The van der Waals surface area contributed by atoms with Gasteiger partial charge in [0.25, 0.3) is 0 Å². The van der Waals surface area contributed by atoms with Crippen molar-refractivity contribution in [3.8, 4) is 11.5 Å². The average molecular weight is 362 g/mol. The maximum absolute atomic E-state index is 12.2. The second-order valence-electron chi connectivity index (χ2n) is 5.06. The van der Waals surface area contributed by atoms with Gasteiger partial charge in [0.1, 0.15) is 12.4 Å². The van der Waals surface area contributed by atoms with Gasteiger partial charge in [-0.05, 0) is 35.9 Å². The van der Waals surface area contributed by atoms with E-state index in [2.05, 4.69) is 5.32 Å². The number of carbonyl (C=O) groups excluding carboxylic acids is 1. The van der Waals surface area contributed by atoms with Gasteiger partial charge in [-0.2, -0.15) is 0 Å². The number of ether oxygens (including phenoxy) is 3. The zero-order valence-electron chi connectivity index (χ0n) is 14.1. The quantitative estimate of drug-likeness (QED) is 0.569. The summed E-state index contributed by atoms with van der Waals surface area (Å²) in [5.74, 6) is 0.859. The highest BCUT2D eigenvalue weighted by Crippen LogP contribution is 2.32. The first kappa shape index (κ1) is 18.8. The molecule has 2 aromatic carbocycles. The normalized spacial score (nSPS) is 10.7. The van der Waals surface area contributed by atoms with Gasteiger partial charge in [0, 0.05) is 13.2 Å². The van der Waals surface area contributed by atoms with E-state index in [0.29, 0.717) is 29.7 Å². The minimum Gasteiger partial charge on any atom is -0.497 e. The summed E-state index contributed by atoms with van der Waals surface area (Å²) in [4.78, 5) is 12.2. The van der Waals surface area contributed by atoms with E-state index in [1.165, 1.54) is 6.08 Å². The molecular weight excluding hydrogens is 342 g/mol. The first-order valence-corrected chi connectivity index (χ1v) is 8.05. The first-order valence-electron chi connectivity index (χ1n) is 7.67. The number of para-hydroxylation sites is 1. The van der Waals surface area contributed by atoms with E-state index in [1.807, 2.05) is 24.3 Å².